The second-order valence-corrected chi connectivity index (χ2v) is 1.88. The molecule has 0 amide bonds. The van der Waals surface area contributed by atoms with Gasteiger partial charge in [0.15, 0.2) is 6.29 Å². The molecule has 1 N–H and O–H groups in total. The molecule has 0 bridgehead atoms. The normalized spacial score (nSPS) is 15.1. The van der Waals surface area contributed by atoms with Gasteiger partial charge in [-0.3, -0.25) is 0 Å². The van der Waals surface area contributed by atoms with Crippen LogP contribution in [0.1, 0.15) is 13.3 Å². The van der Waals surface area contributed by atoms with Crippen molar-refractivity contribution in [1.82, 2.24) is 0 Å². The molecule has 0 aromatic carbocycles. The van der Waals surface area contributed by atoms with Crippen LogP contribution in [0.25, 0.3) is 0 Å². The van der Waals surface area contributed by atoms with Gasteiger partial charge in [-0.15, -0.1) is 0 Å². The fourth-order valence-corrected chi connectivity index (χ4v) is 0.481. The van der Waals surface area contributed by atoms with Gasteiger partial charge < -0.3 is 9.84 Å². The Kier molecular flexibility index (Phi) is 6.13. The average Bonchev–Trinajstić information content (AvgIpc) is 1.98. The summed E-state index contributed by atoms with van der Waals surface area (Å²) in [5.74, 6) is 0. The maximum absolute atomic E-state index is 8.86. The Labute approximate surface area is 61.8 Å². The van der Waals surface area contributed by atoms with Crippen LogP contribution < -0.4 is 0 Å². The molecule has 0 aromatic rings. The Hall–Kier alpha value is -0.600. The van der Waals surface area contributed by atoms with E-state index in [4.69, 9.17) is 5.11 Å². The fraction of sp³-hybridized carbons (Fsp3) is 0.500. The summed E-state index contributed by atoms with van der Waals surface area (Å²) in [5, 5.41) is 8.86. The SMILES string of the molecule is C/C=C\C=C\CC(O)OC. The van der Waals surface area contributed by atoms with Gasteiger partial charge >= 0.3 is 0 Å². The molecular weight excluding hydrogens is 128 g/mol. The van der Waals surface area contributed by atoms with E-state index in [0.717, 1.165) is 0 Å². The number of aliphatic hydroxyl groups is 1. The largest absolute Gasteiger partial charge is 0.368 e. The van der Waals surface area contributed by atoms with Gasteiger partial charge in [0, 0.05) is 13.5 Å². The number of allylic oxidation sites excluding steroid dienone is 3. The van der Waals surface area contributed by atoms with Crippen molar-refractivity contribution < 1.29 is 9.84 Å². The van der Waals surface area contributed by atoms with Gasteiger partial charge in [0.2, 0.25) is 0 Å². The van der Waals surface area contributed by atoms with Crippen LogP contribution in [0.3, 0.4) is 0 Å². The van der Waals surface area contributed by atoms with E-state index in [1.54, 1.807) is 0 Å². The van der Waals surface area contributed by atoms with Crippen molar-refractivity contribution in [2.24, 2.45) is 0 Å². The lowest BCUT2D eigenvalue weighted by Gasteiger charge is -2.02. The highest BCUT2D eigenvalue weighted by Crippen LogP contribution is 1.92. The molecule has 0 heterocycles. The molecule has 2 nitrogen and oxygen atoms in total. The summed E-state index contributed by atoms with van der Waals surface area (Å²) < 4.78 is 4.61. The van der Waals surface area contributed by atoms with E-state index < -0.39 is 6.29 Å². The van der Waals surface area contributed by atoms with Crippen LogP contribution in [0.4, 0.5) is 0 Å². The first kappa shape index (κ1) is 9.40. The minimum Gasteiger partial charge on any atom is -0.368 e. The lowest BCUT2D eigenvalue weighted by atomic mass is 10.3. The zero-order chi connectivity index (χ0) is 7.82. The molecule has 0 aromatic heterocycles. The first-order chi connectivity index (χ1) is 4.81. The van der Waals surface area contributed by atoms with Crippen LogP contribution in [-0.4, -0.2) is 18.5 Å². The van der Waals surface area contributed by atoms with Gasteiger partial charge in [0.1, 0.15) is 0 Å². The minimum absolute atomic E-state index is 0.543. The average molecular weight is 142 g/mol. The summed E-state index contributed by atoms with van der Waals surface area (Å²) in [7, 11) is 1.48. The number of rotatable bonds is 4. The summed E-state index contributed by atoms with van der Waals surface area (Å²) in [6.07, 6.45) is 7.44. The third-order valence-corrected chi connectivity index (χ3v) is 1.05. The number of hydrogen-bond acceptors (Lipinski definition) is 2. The van der Waals surface area contributed by atoms with Crippen LogP contribution >= 0.6 is 0 Å². The molecule has 0 saturated carbocycles. The summed E-state index contributed by atoms with van der Waals surface area (Å²) in [5.41, 5.74) is 0. The number of methoxy groups -OCH3 is 1. The fourth-order valence-electron chi connectivity index (χ4n) is 0.481. The topological polar surface area (TPSA) is 29.5 Å². The molecule has 0 rings (SSSR count). The smallest absolute Gasteiger partial charge is 0.157 e. The van der Waals surface area contributed by atoms with E-state index in [2.05, 4.69) is 4.74 Å². The zero-order valence-electron chi connectivity index (χ0n) is 6.45. The third-order valence-electron chi connectivity index (χ3n) is 1.05. The predicted molar refractivity (Wildman–Crippen MR) is 41.6 cm³/mol. The quantitative estimate of drug-likeness (QED) is 0.476. The van der Waals surface area contributed by atoms with Gasteiger partial charge in [-0.2, -0.15) is 0 Å². The van der Waals surface area contributed by atoms with Crippen LogP contribution in [0.2, 0.25) is 0 Å². The second kappa shape index (κ2) is 6.52. The molecule has 0 radical (unpaired) electrons. The molecule has 0 fully saturated rings. The number of hydrogen-bond donors (Lipinski definition) is 1. The van der Waals surface area contributed by atoms with Crippen molar-refractivity contribution in [1.29, 1.82) is 0 Å². The van der Waals surface area contributed by atoms with Gasteiger partial charge in [-0.05, 0) is 6.92 Å². The summed E-state index contributed by atoms with van der Waals surface area (Å²) in [6, 6.07) is 0. The standard InChI is InChI=1S/C8H14O2/c1-3-4-5-6-7-8(9)10-2/h3-6,8-9H,7H2,1-2H3/b4-3-,6-5+. The maximum Gasteiger partial charge on any atom is 0.157 e. The maximum atomic E-state index is 8.86. The highest BCUT2D eigenvalue weighted by atomic mass is 16.6. The number of aliphatic hydroxyl groups excluding tert-OH is 1. The summed E-state index contributed by atoms with van der Waals surface area (Å²) in [4.78, 5) is 0. The molecule has 0 aliphatic rings. The van der Waals surface area contributed by atoms with Crippen LogP contribution in [0, 0.1) is 0 Å². The van der Waals surface area contributed by atoms with E-state index in [9.17, 15) is 0 Å². The molecule has 0 saturated heterocycles. The second-order valence-electron chi connectivity index (χ2n) is 1.88. The van der Waals surface area contributed by atoms with Gasteiger partial charge in [-0.25, -0.2) is 0 Å². The summed E-state index contributed by atoms with van der Waals surface area (Å²) in [6.45, 7) is 1.94. The molecule has 10 heavy (non-hydrogen) atoms. The van der Waals surface area contributed by atoms with E-state index in [0.29, 0.717) is 6.42 Å². The molecule has 0 aliphatic carbocycles. The zero-order valence-corrected chi connectivity index (χ0v) is 6.45. The van der Waals surface area contributed by atoms with Crippen LogP contribution in [0.5, 0.6) is 0 Å². The molecule has 0 aliphatic heterocycles. The van der Waals surface area contributed by atoms with Gasteiger partial charge in [0.05, 0.1) is 0 Å². The van der Waals surface area contributed by atoms with Crippen LogP contribution in [0.15, 0.2) is 24.3 Å². The highest BCUT2D eigenvalue weighted by Gasteiger charge is 1.93. The van der Waals surface area contributed by atoms with E-state index in [1.807, 2.05) is 31.2 Å². The van der Waals surface area contributed by atoms with Crippen molar-refractivity contribution in [3.8, 4) is 0 Å². The molecular formula is C8H14O2. The van der Waals surface area contributed by atoms with Gasteiger partial charge in [-0.1, -0.05) is 24.3 Å². The Balaban J connectivity index is 3.33. The van der Waals surface area contributed by atoms with E-state index in [-0.39, 0.29) is 0 Å². The van der Waals surface area contributed by atoms with Crippen molar-refractivity contribution >= 4 is 0 Å². The lowest BCUT2D eigenvalue weighted by molar-refractivity contribution is -0.0702. The third kappa shape index (κ3) is 5.54. The lowest BCUT2D eigenvalue weighted by Crippen LogP contribution is -2.06. The molecule has 58 valence electrons. The monoisotopic (exact) mass is 142 g/mol. The van der Waals surface area contributed by atoms with Gasteiger partial charge in [0.25, 0.3) is 0 Å². The highest BCUT2D eigenvalue weighted by molar-refractivity contribution is 5.00. The Morgan fingerprint density at radius 1 is 1.50 bits per heavy atom. The predicted octanol–water partition coefficient (Wildman–Crippen LogP) is 1.47. The van der Waals surface area contributed by atoms with Crippen molar-refractivity contribution in [2.75, 3.05) is 7.11 Å². The number of ether oxygens (including phenoxy) is 1. The molecule has 1 unspecified atom stereocenters. The summed E-state index contributed by atoms with van der Waals surface area (Å²) >= 11 is 0. The van der Waals surface area contributed by atoms with Crippen LogP contribution in [-0.2, 0) is 4.74 Å². The Morgan fingerprint density at radius 3 is 2.70 bits per heavy atom. The first-order valence-electron chi connectivity index (χ1n) is 3.30. The van der Waals surface area contributed by atoms with E-state index >= 15 is 0 Å². The molecule has 1 atom stereocenters. The van der Waals surface area contributed by atoms with Crippen molar-refractivity contribution in [2.45, 2.75) is 19.6 Å². The Morgan fingerprint density at radius 2 is 2.20 bits per heavy atom. The minimum atomic E-state index is -0.665. The van der Waals surface area contributed by atoms with E-state index in [1.165, 1.54) is 7.11 Å². The van der Waals surface area contributed by atoms with Crippen molar-refractivity contribution in [3.63, 3.8) is 0 Å². The van der Waals surface area contributed by atoms with Crippen molar-refractivity contribution in [3.05, 3.63) is 24.3 Å². The first-order valence-corrected chi connectivity index (χ1v) is 3.30. The Bertz CT molecular complexity index is 116. The molecule has 0 spiro atoms. The molecule has 2 heteroatoms.